The second-order valence-electron chi connectivity index (χ2n) is 2.20. The van der Waals surface area contributed by atoms with E-state index in [0.717, 1.165) is 5.57 Å². The number of rotatable bonds is 4. The van der Waals surface area contributed by atoms with Gasteiger partial charge in [-0.15, -0.1) is 0 Å². The zero-order valence-corrected chi connectivity index (χ0v) is 7.46. The van der Waals surface area contributed by atoms with Gasteiger partial charge in [-0.1, -0.05) is 18.2 Å². The molecule has 0 aromatic rings. The Morgan fingerprint density at radius 1 is 1.08 bits per heavy atom. The fourth-order valence-corrected chi connectivity index (χ4v) is 0.767. The number of allylic oxidation sites excluding steroid dienone is 6. The van der Waals surface area contributed by atoms with E-state index in [0.29, 0.717) is 5.71 Å². The van der Waals surface area contributed by atoms with E-state index in [9.17, 15) is 0 Å². The summed E-state index contributed by atoms with van der Waals surface area (Å²) in [6.07, 6.45) is 9.97. The summed E-state index contributed by atoms with van der Waals surface area (Å²) in [5.74, 6) is 0. The van der Waals surface area contributed by atoms with Gasteiger partial charge in [0.05, 0.1) is 5.71 Å². The van der Waals surface area contributed by atoms with Gasteiger partial charge < -0.3 is 10.8 Å². The third kappa shape index (κ3) is 3.66. The summed E-state index contributed by atoms with van der Waals surface area (Å²) in [7, 11) is 0. The van der Waals surface area contributed by atoms with Crippen molar-refractivity contribution in [3.8, 4) is 0 Å². The largest absolute Gasteiger partial charge is 0.309 e. The fraction of sp³-hybridized carbons (Fsp3) is 0.200. The van der Waals surface area contributed by atoms with Gasteiger partial charge >= 0.3 is 0 Å². The van der Waals surface area contributed by atoms with E-state index in [2.05, 4.69) is 0 Å². The maximum Gasteiger partial charge on any atom is 0.0609 e. The molecule has 2 nitrogen and oxygen atoms in total. The lowest BCUT2D eigenvalue weighted by atomic mass is 10.1. The molecule has 0 atom stereocenters. The number of nitrogens with one attached hydrogen (secondary N) is 2. The van der Waals surface area contributed by atoms with Crippen LogP contribution in [0, 0.1) is 10.8 Å². The SMILES string of the molecule is C/C=C\C(=N)C(/C=C\C)=C\C=N. The maximum atomic E-state index is 7.54. The van der Waals surface area contributed by atoms with Gasteiger partial charge in [-0.2, -0.15) is 0 Å². The van der Waals surface area contributed by atoms with Crippen molar-refractivity contribution in [3.05, 3.63) is 36.0 Å². The van der Waals surface area contributed by atoms with Crippen molar-refractivity contribution < 1.29 is 0 Å². The molecule has 2 N–H and O–H groups in total. The summed E-state index contributed by atoms with van der Waals surface area (Å²) >= 11 is 0. The summed E-state index contributed by atoms with van der Waals surface area (Å²) in [6.45, 7) is 3.76. The van der Waals surface area contributed by atoms with Crippen molar-refractivity contribution >= 4 is 11.9 Å². The molecule has 0 unspecified atom stereocenters. The van der Waals surface area contributed by atoms with Crippen molar-refractivity contribution in [2.24, 2.45) is 0 Å². The first kappa shape index (κ1) is 10.6. The van der Waals surface area contributed by atoms with Crippen LogP contribution in [0.2, 0.25) is 0 Å². The van der Waals surface area contributed by atoms with Crippen LogP contribution in [0.3, 0.4) is 0 Å². The van der Waals surface area contributed by atoms with E-state index in [1.165, 1.54) is 6.21 Å². The molecule has 0 aromatic heterocycles. The van der Waals surface area contributed by atoms with Gasteiger partial charge in [-0.3, -0.25) is 0 Å². The van der Waals surface area contributed by atoms with Crippen LogP contribution in [0.4, 0.5) is 0 Å². The lowest BCUT2D eigenvalue weighted by Crippen LogP contribution is -1.94. The Morgan fingerprint density at radius 2 is 1.67 bits per heavy atom. The molecule has 0 saturated heterocycles. The summed E-state index contributed by atoms with van der Waals surface area (Å²) in [4.78, 5) is 0. The molecule has 0 aliphatic heterocycles. The van der Waals surface area contributed by atoms with Crippen LogP contribution in [0.15, 0.2) is 36.0 Å². The van der Waals surface area contributed by atoms with Gasteiger partial charge in [0, 0.05) is 11.8 Å². The van der Waals surface area contributed by atoms with Crippen molar-refractivity contribution in [3.63, 3.8) is 0 Å². The van der Waals surface area contributed by atoms with E-state index in [1.807, 2.05) is 32.1 Å². The summed E-state index contributed by atoms with van der Waals surface area (Å²) in [6, 6.07) is 0. The molecule has 0 radical (unpaired) electrons. The first-order chi connectivity index (χ1) is 5.76. The first-order valence-electron chi connectivity index (χ1n) is 3.81. The highest BCUT2D eigenvalue weighted by atomic mass is 14.4. The van der Waals surface area contributed by atoms with Crippen LogP contribution < -0.4 is 0 Å². The molecule has 64 valence electrons. The van der Waals surface area contributed by atoms with E-state index in [1.54, 1.807) is 12.2 Å². The molecule has 2 heteroatoms. The topological polar surface area (TPSA) is 47.7 Å². The average molecular weight is 162 g/mol. The monoisotopic (exact) mass is 162 g/mol. The Labute approximate surface area is 73.3 Å². The molecule has 0 spiro atoms. The third-order valence-electron chi connectivity index (χ3n) is 1.25. The van der Waals surface area contributed by atoms with Gasteiger partial charge in [0.2, 0.25) is 0 Å². The smallest absolute Gasteiger partial charge is 0.0609 e. The molecule has 0 rings (SSSR count). The normalized spacial score (nSPS) is 12.7. The lowest BCUT2D eigenvalue weighted by Gasteiger charge is -1.96. The van der Waals surface area contributed by atoms with Crippen LogP contribution in [0.1, 0.15) is 13.8 Å². The van der Waals surface area contributed by atoms with Crippen molar-refractivity contribution in [2.75, 3.05) is 0 Å². The minimum atomic E-state index is 0.430. The van der Waals surface area contributed by atoms with E-state index >= 15 is 0 Å². The van der Waals surface area contributed by atoms with Gasteiger partial charge in [0.15, 0.2) is 0 Å². The molecule has 0 heterocycles. The van der Waals surface area contributed by atoms with Crippen LogP contribution in [-0.4, -0.2) is 11.9 Å². The molecular formula is C10H14N2. The van der Waals surface area contributed by atoms with Gasteiger partial charge in [0.25, 0.3) is 0 Å². The molecule has 0 aliphatic rings. The highest BCUT2D eigenvalue weighted by Gasteiger charge is 1.94. The summed E-state index contributed by atoms with van der Waals surface area (Å²) < 4.78 is 0. The van der Waals surface area contributed by atoms with E-state index in [4.69, 9.17) is 10.8 Å². The van der Waals surface area contributed by atoms with Crippen LogP contribution in [0.25, 0.3) is 0 Å². The summed E-state index contributed by atoms with van der Waals surface area (Å²) in [5.41, 5.74) is 1.18. The molecule has 0 fully saturated rings. The maximum absolute atomic E-state index is 7.54. The van der Waals surface area contributed by atoms with Crippen LogP contribution >= 0.6 is 0 Å². The van der Waals surface area contributed by atoms with Crippen molar-refractivity contribution in [2.45, 2.75) is 13.8 Å². The van der Waals surface area contributed by atoms with E-state index < -0.39 is 0 Å². The Balaban J connectivity index is 4.62. The summed E-state index contributed by atoms with van der Waals surface area (Å²) in [5, 5.41) is 14.4. The Morgan fingerprint density at radius 3 is 2.08 bits per heavy atom. The lowest BCUT2D eigenvalue weighted by molar-refractivity contribution is 1.49. The van der Waals surface area contributed by atoms with Crippen molar-refractivity contribution in [1.82, 2.24) is 0 Å². The Hall–Kier alpha value is -1.44. The predicted molar refractivity (Wildman–Crippen MR) is 54.2 cm³/mol. The van der Waals surface area contributed by atoms with Crippen molar-refractivity contribution in [1.29, 1.82) is 10.8 Å². The standard InChI is InChI=1S/C10H14N2/c1-3-5-9(7-8-11)10(12)6-4-2/h3-8,11-12H,1-2H3/b5-3-,6-4-,9-7-,11-8?,12-10?. The molecule has 0 aromatic carbocycles. The van der Waals surface area contributed by atoms with Gasteiger partial charge in [0.1, 0.15) is 0 Å². The number of hydrogen-bond donors (Lipinski definition) is 2. The first-order valence-corrected chi connectivity index (χ1v) is 3.81. The molecule has 0 saturated carbocycles. The highest BCUT2D eigenvalue weighted by molar-refractivity contribution is 6.09. The zero-order chi connectivity index (χ0) is 9.40. The van der Waals surface area contributed by atoms with E-state index in [-0.39, 0.29) is 0 Å². The minimum absolute atomic E-state index is 0.430. The minimum Gasteiger partial charge on any atom is -0.309 e. The quantitative estimate of drug-likeness (QED) is 0.471. The molecular weight excluding hydrogens is 148 g/mol. The molecule has 0 bridgehead atoms. The highest BCUT2D eigenvalue weighted by Crippen LogP contribution is 1.99. The van der Waals surface area contributed by atoms with Gasteiger partial charge in [-0.25, -0.2) is 0 Å². The molecule has 0 amide bonds. The molecule has 12 heavy (non-hydrogen) atoms. The third-order valence-corrected chi connectivity index (χ3v) is 1.25. The Bertz CT molecular complexity index is 245. The average Bonchev–Trinajstić information content (AvgIpc) is 2.04. The Kier molecular flexibility index (Phi) is 5.53. The fourth-order valence-electron chi connectivity index (χ4n) is 0.767. The van der Waals surface area contributed by atoms with Crippen LogP contribution in [0.5, 0.6) is 0 Å². The zero-order valence-electron chi connectivity index (χ0n) is 7.46. The van der Waals surface area contributed by atoms with Crippen LogP contribution in [-0.2, 0) is 0 Å². The predicted octanol–water partition coefficient (Wildman–Crippen LogP) is 2.73. The second-order valence-corrected chi connectivity index (χ2v) is 2.20. The molecule has 0 aliphatic carbocycles. The number of hydrogen-bond acceptors (Lipinski definition) is 2. The van der Waals surface area contributed by atoms with Gasteiger partial charge in [-0.05, 0) is 26.0 Å². The second kappa shape index (κ2) is 6.28.